The van der Waals surface area contributed by atoms with E-state index in [-0.39, 0.29) is 18.1 Å². The van der Waals surface area contributed by atoms with E-state index in [1.807, 2.05) is 12.1 Å². The topological polar surface area (TPSA) is 75.6 Å². The van der Waals surface area contributed by atoms with Gasteiger partial charge < -0.3 is 9.64 Å². The number of pyridine rings is 2. The number of hydrogen-bond donors (Lipinski definition) is 0. The van der Waals surface area contributed by atoms with Gasteiger partial charge in [-0.1, -0.05) is 6.07 Å². The van der Waals surface area contributed by atoms with Crippen LogP contribution in [0.4, 0.5) is 23.7 Å². The van der Waals surface area contributed by atoms with Crippen LogP contribution in [0.25, 0.3) is 11.3 Å². The van der Waals surface area contributed by atoms with Gasteiger partial charge in [0.2, 0.25) is 0 Å². The molecule has 0 unspecified atom stereocenters. The van der Waals surface area contributed by atoms with E-state index in [9.17, 15) is 22.8 Å². The molecule has 0 N–H and O–H groups in total. The molecular weight excluding hydrogens is 437 g/mol. The van der Waals surface area contributed by atoms with E-state index >= 15 is 0 Å². The average Bonchev–Trinajstić information content (AvgIpc) is 3.57. The number of ether oxygens (including phenoxy) is 1. The van der Waals surface area contributed by atoms with Gasteiger partial charge in [-0.15, -0.1) is 13.2 Å². The lowest BCUT2D eigenvalue weighted by Gasteiger charge is -2.22. The summed E-state index contributed by atoms with van der Waals surface area (Å²) >= 11 is 0. The number of amides is 3. The van der Waals surface area contributed by atoms with Crippen molar-refractivity contribution < 1.29 is 27.5 Å². The van der Waals surface area contributed by atoms with E-state index in [0.29, 0.717) is 18.5 Å². The molecule has 3 aromatic rings. The molecule has 1 aromatic carbocycles. The third-order valence-electron chi connectivity index (χ3n) is 5.77. The molecule has 7 nitrogen and oxygen atoms in total. The van der Waals surface area contributed by atoms with Crippen molar-refractivity contribution in [3.63, 3.8) is 0 Å². The van der Waals surface area contributed by atoms with E-state index in [1.54, 1.807) is 30.7 Å². The number of nitrogens with zero attached hydrogens (tertiary/aromatic N) is 4. The third-order valence-corrected chi connectivity index (χ3v) is 5.77. The van der Waals surface area contributed by atoms with Crippen LogP contribution in [-0.4, -0.2) is 38.7 Å². The second-order valence-electron chi connectivity index (χ2n) is 7.83. The van der Waals surface area contributed by atoms with E-state index in [2.05, 4.69) is 14.7 Å². The molecule has 2 fully saturated rings. The molecule has 1 spiro atoms. The Morgan fingerprint density at radius 2 is 1.76 bits per heavy atom. The van der Waals surface area contributed by atoms with Gasteiger partial charge in [-0.2, -0.15) is 0 Å². The second kappa shape index (κ2) is 7.58. The first-order chi connectivity index (χ1) is 15.8. The number of urea groups is 1. The van der Waals surface area contributed by atoms with Crippen molar-refractivity contribution in [3.8, 4) is 17.0 Å². The van der Waals surface area contributed by atoms with Gasteiger partial charge in [-0.25, -0.2) is 9.69 Å². The maximum Gasteiger partial charge on any atom is 0.573 e. The lowest BCUT2D eigenvalue weighted by atomic mass is 10.1. The highest BCUT2D eigenvalue weighted by atomic mass is 19.4. The highest BCUT2D eigenvalue weighted by Gasteiger charge is 2.65. The summed E-state index contributed by atoms with van der Waals surface area (Å²) in [6.45, 7) is 0.171. The number of imide groups is 1. The number of carbonyl (C=O) groups is 2. The first kappa shape index (κ1) is 20.9. The minimum absolute atomic E-state index is 0.171. The van der Waals surface area contributed by atoms with Crippen molar-refractivity contribution in [1.29, 1.82) is 0 Å². The molecule has 5 rings (SSSR count). The number of hydrogen-bond acceptors (Lipinski definition) is 5. The fourth-order valence-corrected chi connectivity index (χ4v) is 4.04. The molecule has 168 valence electrons. The third kappa shape index (κ3) is 3.77. The van der Waals surface area contributed by atoms with Crippen LogP contribution >= 0.6 is 0 Å². The molecule has 1 aliphatic carbocycles. The van der Waals surface area contributed by atoms with Crippen LogP contribution in [0.3, 0.4) is 0 Å². The molecule has 3 amide bonds. The quantitative estimate of drug-likeness (QED) is 0.529. The number of anilines is 1. The van der Waals surface area contributed by atoms with Crippen molar-refractivity contribution in [1.82, 2.24) is 14.9 Å². The number of benzene rings is 1. The van der Waals surface area contributed by atoms with Crippen LogP contribution in [0.5, 0.6) is 5.75 Å². The van der Waals surface area contributed by atoms with Gasteiger partial charge in [-0.05, 0) is 60.9 Å². The summed E-state index contributed by atoms with van der Waals surface area (Å²) in [6.07, 6.45) is 1.15. The monoisotopic (exact) mass is 454 g/mol. The Hall–Kier alpha value is -3.95. The summed E-state index contributed by atoms with van der Waals surface area (Å²) in [6, 6.07) is 11.4. The Balaban J connectivity index is 1.44. The molecule has 0 atom stereocenters. The molecule has 1 saturated heterocycles. The van der Waals surface area contributed by atoms with Crippen molar-refractivity contribution in [2.75, 3.05) is 4.90 Å². The van der Waals surface area contributed by atoms with Crippen molar-refractivity contribution in [3.05, 3.63) is 72.7 Å². The zero-order chi connectivity index (χ0) is 23.2. The average molecular weight is 454 g/mol. The lowest BCUT2D eigenvalue weighted by Crippen LogP contribution is -2.36. The zero-order valence-electron chi connectivity index (χ0n) is 17.1. The van der Waals surface area contributed by atoms with E-state index in [1.165, 1.54) is 17.0 Å². The minimum Gasteiger partial charge on any atom is -0.406 e. The fraction of sp³-hybridized carbons (Fsp3) is 0.217. The van der Waals surface area contributed by atoms with Gasteiger partial charge in [-0.3, -0.25) is 14.8 Å². The molecule has 2 aromatic heterocycles. The first-order valence-corrected chi connectivity index (χ1v) is 10.1. The molecule has 0 radical (unpaired) electrons. The highest BCUT2D eigenvalue weighted by Crippen LogP contribution is 2.50. The number of rotatable bonds is 5. The van der Waals surface area contributed by atoms with E-state index < -0.39 is 23.7 Å². The Kier molecular flexibility index (Phi) is 4.80. The van der Waals surface area contributed by atoms with Gasteiger partial charge in [0.15, 0.2) is 0 Å². The van der Waals surface area contributed by atoms with Crippen LogP contribution in [-0.2, 0) is 11.3 Å². The normalized spacial score (nSPS) is 17.1. The maximum absolute atomic E-state index is 13.3. The highest BCUT2D eigenvalue weighted by molar-refractivity contribution is 6.24. The van der Waals surface area contributed by atoms with Crippen LogP contribution in [0.2, 0.25) is 0 Å². The van der Waals surface area contributed by atoms with Crippen molar-refractivity contribution in [2.45, 2.75) is 31.3 Å². The molecule has 2 aliphatic rings. The number of aromatic nitrogens is 2. The molecule has 1 aliphatic heterocycles. The predicted molar refractivity (Wildman–Crippen MR) is 111 cm³/mol. The first-order valence-electron chi connectivity index (χ1n) is 10.1. The Bertz CT molecular complexity index is 1210. The summed E-state index contributed by atoms with van der Waals surface area (Å²) in [5.41, 5.74) is 1.48. The van der Waals surface area contributed by atoms with Gasteiger partial charge in [0, 0.05) is 30.7 Å². The van der Waals surface area contributed by atoms with Gasteiger partial charge in [0.05, 0.1) is 11.4 Å². The summed E-state index contributed by atoms with van der Waals surface area (Å²) in [5, 5.41) is 0. The SMILES string of the molecule is O=C1N(c2ccc(OC(F)(F)F)cc2)C(=O)C2(CC2)N1Cc1ccncc1-c1ccccn1. The van der Waals surface area contributed by atoms with Crippen LogP contribution in [0.1, 0.15) is 18.4 Å². The standard InChI is InChI=1S/C23H17F3N4O3/c24-23(25,26)33-17-6-4-16(5-7-17)30-20(31)22(9-10-22)29(21(30)32)14-15-8-12-27-13-18(15)19-3-1-2-11-28-19/h1-8,11-13H,9-10,14H2. The Morgan fingerprint density at radius 1 is 1.00 bits per heavy atom. The van der Waals surface area contributed by atoms with E-state index in [4.69, 9.17) is 0 Å². The summed E-state index contributed by atoms with van der Waals surface area (Å²) < 4.78 is 41.2. The Morgan fingerprint density at radius 3 is 2.39 bits per heavy atom. The summed E-state index contributed by atoms with van der Waals surface area (Å²) in [7, 11) is 0. The summed E-state index contributed by atoms with van der Waals surface area (Å²) in [4.78, 5) is 37.6. The molecule has 0 bridgehead atoms. The summed E-state index contributed by atoms with van der Waals surface area (Å²) in [5.74, 6) is -0.814. The number of carbonyl (C=O) groups excluding carboxylic acids is 2. The van der Waals surface area contributed by atoms with Gasteiger partial charge in [0.25, 0.3) is 5.91 Å². The molecule has 3 heterocycles. The predicted octanol–water partition coefficient (Wildman–Crippen LogP) is 4.54. The fourth-order valence-electron chi connectivity index (χ4n) is 4.04. The minimum atomic E-state index is -4.83. The molecule has 1 saturated carbocycles. The molecule has 10 heteroatoms. The number of alkyl halides is 3. The Labute approximate surface area is 186 Å². The van der Waals surface area contributed by atoms with Crippen molar-refractivity contribution >= 4 is 17.6 Å². The lowest BCUT2D eigenvalue weighted by molar-refractivity contribution is -0.274. The van der Waals surface area contributed by atoms with E-state index in [0.717, 1.165) is 28.2 Å². The van der Waals surface area contributed by atoms with Crippen LogP contribution in [0, 0.1) is 0 Å². The maximum atomic E-state index is 13.3. The molecule has 33 heavy (non-hydrogen) atoms. The van der Waals surface area contributed by atoms with Crippen LogP contribution < -0.4 is 9.64 Å². The van der Waals surface area contributed by atoms with Crippen molar-refractivity contribution in [2.24, 2.45) is 0 Å². The number of halogens is 3. The smallest absolute Gasteiger partial charge is 0.406 e. The second-order valence-corrected chi connectivity index (χ2v) is 7.83. The van der Waals surface area contributed by atoms with Gasteiger partial charge >= 0.3 is 12.4 Å². The van der Waals surface area contributed by atoms with Crippen LogP contribution in [0.15, 0.2) is 67.1 Å². The van der Waals surface area contributed by atoms with Gasteiger partial charge in [0.1, 0.15) is 11.3 Å². The molecular formula is C23H17F3N4O3. The largest absolute Gasteiger partial charge is 0.573 e. The zero-order valence-corrected chi connectivity index (χ0v) is 17.1.